The van der Waals surface area contributed by atoms with E-state index in [1.165, 1.54) is 6.07 Å². The molecule has 0 saturated heterocycles. The van der Waals surface area contributed by atoms with Crippen molar-refractivity contribution in [1.29, 1.82) is 0 Å². The van der Waals surface area contributed by atoms with Crippen LogP contribution in [0.5, 0.6) is 0 Å². The van der Waals surface area contributed by atoms with Gasteiger partial charge in [0, 0.05) is 0 Å². The van der Waals surface area contributed by atoms with Gasteiger partial charge < -0.3 is 11.1 Å². The first-order valence-electron chi connectivity index (χ1n) is 5.67. The van der Waals surface area contributed by atoms with Crippen molar-refractivity contribution in [2.75, 3.05) is 32.0 Å². The van der Waals surface area contributed by atoms with Gasteiger partial charge in [0.25, 0.3) is 0 Å². The van der Waals surface area contributed by atoms with Gasteiger partial charge in [-0.15, -0.1) is 0 Å². The van der Waals surface area contributed by atoms with Crippen LogP contribution in [0.2, 0.25) is 0 Å². The summed E-state index contributed by atoms with van der Waals surface area (Å²) in [5, 5.41) is 2.22. The molecule has 1 aromatic rings. The quantitative estimate of drug-likeness (QED) is 0.804. The van der Waals surface area contributed by atoms with Crippen LogP contribution < -0.4 is 11.1 Å². The summed E-state index contributed by atoms with van der Waals surface area (Å²) in [7, 11) is 1.74. The fraction of sp³-hybridized carbons (Fsp3) is 0.417. The second kappa shape index (κ2) is 7.03. The zero-order valence-electron chi connectivity index (χ0n) is 10.2. The summed E-state index contributed by atoms with van der Waals surface area (Å²) in [5.74, 6) is -2.03. The number of benzene rings is 1. The number of rotatable bonds is 6. The lowest BCUT2D eigenvalue weighted by molar-refractivity contribution is -0.117. The summed E-state index contributed by atoms with van der Waals surface area (Å²) in [6.45, 7) is 1.26. The summed E-state index contributed by atoms with van der Waals surface area (Å²) in [6, 6.07) is 3.43. The maximum atomic E-state index is 13.3. The van der Waals surface area contributed by atoms with Crippen molar-refractivity contribution in [1.82, 2.24) is 4.90 Å². The molecule has 3 N–H and O–H groups in total. The van der Waals surface area contributed by atoms with E-state index in [1.54, 1.807) is 11.9 Å². The molecule has 1 aromatic carbocycles. The summed E-state index contributed by atoms with van der Waals surface area (Å²) < 4.78 is 26.5. The third-order valence-electron chi connectivity index (χ3n) is 2.38. The Bertz CT molecular complexity index is 392. The molecule has 1 amide bonds. The monoisotopic (exact) mass is 257 g/mol. The minimum absolute atomic E-state index is 0.0633. The Morgan fingerprint density at radius 2 is 2.00 bits per heavy atom. The average molecular weight is 257 g/mol. The van der Waals surface area contributed by atoms with E-state index in [2.05, 4.69) is 5.32 Å². The van der Waals surface area contributed by atoms with Crippen molar-refractivity contribution in [2.24, 2.45) is 5.73 Å². The zero-order chi connectivity index (χ0) is 13.5. The van der Waals surface area contributed by atoms with E-state index in [1.807, 2.05) is 0 Å². The minimum atomic E-state index is -0.784. The van der Waals surface area contributed by atoms with Gasteiger partial charge in [0.2, 0.25) is 5.91 Å². The molecule has 0 heterocycles. The predicted octanol–water partition coefficient (Wildman–Crippen LogP) is 1.18. The number of carbonyl (C=O) groups excluding carboxylic acids is 1. The van der Waals surface area contributed by atoms with Crippen LogP contribution >= 0.6 is 0 Å². The maximum absolute atomic E-state index is 13.3. The van der Waals surface area contributed by atoms with E-state index in [0.29, 0.717) is 13.1 Å². The molecule has 0 saturated carbocycles. The Kier molecular flexibility index (Phi) is 5.67. The van der Waals surface area contributed by atoms with Crippen LogP contribution in [-0.4, -0.2) is 37.5 Å². The molecule has 0 aliphatic rings. The Labute approximate surface area is 105 Å². The van der Waals surface area contributed by atoms with E-state index in [9.17, 15) is 13.6 Å². The zero-order valence-corrected chi connectivity index (χ0v) is 10.2. The molecule has 100 valence electrons. The van der Waals surface area contributed by atoms with Crippen molar-refractivity contribution in [3.63, 3.8) is 0 Å². The second-order valence-electron chi connectivity index (χ2n) is 4.02. The highest BCUT2D eigenvalue weighted by Gasteiger charge is 2.12. The highest BCUT2D eigenvalue weighted by atomic mass is 19.1. The first-order valence-corrected chi connectivity index (χ1v) is 5.67. The van der Waals surface area contributed by atoms with Crippen molar-refractivity contribution in [2.45, 2.75) is 6.42 Å². The number of nitrogens with zero attached hydrogens (tertiary/aromatic N) is 1. The molecule has 0 fully saturated rings. The van der Waals surface area contributed by atoms with Crippen LogP contribution in [-0.2, 0) is 4.79 Å². The molecular weight excluding hydrogens is 240 g/mol. The Hall–Kier alpha value is -1.53. The van der Waals surface area contributed by atoms with Gasteiger partial charge in [-0.1, -0.05) is 6.07 Å². The molecule has 0 atom stereocenters. The lowest BCUT2D eigenvalue weighted by Gasteiger charge is -2.15. The first-order chi connectivity index (χ1) is 8.54. The average Bonchev–Trinajstić information content (AvgIpc) is 2.31. The van der Waals surface area contributed by atoms with Gasteiger partial charge in [-0.3, -0.25) is 9.69 Å². The fourth-order valence-corrected chi connectivity index (χ4v) is 1.48. The van der Waals surface area contributed by atoms with Crippen molar-refractivity contribution in [3.05, 3.63) is 29.8 Å². The second-order valence-corrected chi connectivity index (χ2v) is 4.02. The molecule has 0 bridgehead atoms. The Morgan fingerprint density at radius 1 is 1.39 bits per heavy atom. The summed E-state index contributed by atoms with van der Waals surface area (Å²) >= 11 is 0. The number of hydrogen-bond acceptors (Lipinski definition) is 3. The Balaban J connectivity index is 2.54. The van der Waals surface area contributed by atoms with E-state index in [-0.39, 0.29) is 6.54 Å². The van der Waals surface area contributed by atoms with Crippen molar-refractivity contribution >= 4 is 11.6 Å². The third-order valence-corrected chi connectivity index (χ3v) is 2.38. The van der Waals surface area contributed by atoms with Crippen LogP contribution in [0.4, 0.5) is 14.5 Å². The molecule has 0 aliphatic heterocycles. The molecule has 18 heavy (non-hydrogen) atoms. The fourth-order valence-electron chi connectivity index (χ4n) is 1.48. The van der Waals surface area contributed by atoms with Gasteiger partial charge in [0.05, 0.1) is 6.54 Å². The number of para-hydroxylation sites is 1. The number of halogens is 2. The number of carbonyl (C=O) groups is 1. The van der Waals surface area contributed by atoms with E-state index < -0.39 is 23.2 Å². The van der Waals surface area contributed by atoms with Gasteiger partial charge >= 0.3 is 0 Å². The first kappa shape index (κ1) is 14.5. The highest BCUT2D eigenvalue weighted by molar-refractivity contribution is 5.92. The highest BCUT2D eigenvalue weighted by Crippen LogP contribution is 2.17. The molecule has 6 heteroatoms. The molecule has 0 spiro atoms. The number of anilines is 1. The smallest absolute Gasteiger partial charge is 0.238 e. The summed E-state index contributed by atoms with van der Waals surface area (Å²) in [5.41, 5.74) is 4.94. The molecule has 4 nitrogen and oxygen atoms in total. The summed E-state index contributed by atoms with van der Waals surface area (Å²) in [6.07, 6.45) is 0.762. The lowest BCUT2D eigenvalue weighted by atomic mass is 10.3. The molecular formula is C12H17F2N3O. The molecule has 1 rings (SSSR count). The third kappa shape index (κ3) is 4.38. The van der Waals surface area contributed by atoms with E-state index >= 15 is 0 Å². The lowest BCUT2D eigenvalue weighted by Crippen LogP contribution is -2.32. The van der Waals surface area contributed by atoms with Gasteiger partial charge in [-0.05, 0) is 38.7 Å². The van der Waals surface area contributed by atoms with Crippen LogP contribution in [0.1, 0.15) is 6.42 Å². The topological polar surface area (TPSA) is 58.4 Å². The number of nitrogens with two attached hydrogens (primary N) is 1. The minimum Gasteiger partial charge on any atom is -0.330 e. The molecule has 0 unspecified atom stereocenters. The SMILES string of the molecule is CN(CCCN)CC(=O)Nc1c(F)cccc1F. The van der Waals surface area contributed by atoms with Gasteiger partial charge in [0.15, 0.2) is 0 Å². The Morgan fingerprint density at radius 3 is 2.56 bits per heavy atom. The standard InChI is InChI=1S/C12H17F2N3O/c1-17(7-3-6-15)8-11(18)16-12-9(13)4-2-5-10(12)14/h2,4-5H,3,6-8,15H2,1H3,(H,16,18). The molecule has 0 radical (unpaired) electrons. The molecule has 0 aliphatic carbocycles. The number of nitrogens with one attached hydrogen (secondary N) is 1. The van der Waals surface area contributed by atoms with Crippen LogP contribution in [0.25, 0.3) is 0 Å². The number of hydrogen-bond donors (Lipinski definition) is 2. The molecule has 0 aromatic heterocycles. The van der Waals surface area contributed by atoms with Gasteiger partial charge in [0.1, 0.15) is 17.3 Å². The van der Waals surface area contributed by atoms with Crippen LogP contribution in [0.15, 0.2) is 18.2 Å². The van der Waals surface area contributed by atoms with Crippen LogP contribution in [0, 0.1) is 11.6 Å². The maximum Gasteiger partial charge on any atom is 0.238 e. The van der Waals surface area contributed by atoms with Crippen LogP contribution in [0.3, 0.4) is 0 Å². The van der Waals surface area contributed by atoms with E-state index in [4.69, 9.17) is 5.73 Å². The predicted molar refractivity (Wildman–Crippen MR) is 66.2 cm³/mol. The van der Waals surface area contributed by atoms with Gasteiger partial charge in [-0.2, -0.15) is 0 Å². The van der Waals surface area contributed by atoms with E-state index in [0.717, 1.165) is 18.6 Å². The number of likely N-dealkylation sites (N-methyl/N-ethyl adjacent to an activating group) is 1. The largest absolute Gasteiger partial charge is 0.330 e. The number of amides is 1. The van der Waals surface area contributed by atoms with Crippen molar-refractivity contribution in [3.8, 4) is 0 Å². The normalized spacial score (nSPS) is 10.7. The van der Waals surface area contributed by atoms with Crippen molar-refractivity contribution < 1.29 is 13.6 Å². The summed E-state index contributed by atoms with van der Waals surface area (Å²) in [4.78, 5) is 13.3. The van der Waals surface area contributed by atoms with Gasteiger partial charge in [-0.25, -0.2) is 8.78 Å².